The van der Waals surface area contributed by atoms with Crippen molar-refractivity contribution in [3.8, 4) is 0 Å². The molecule has 1 atom stereocenters. The molecule has 2 aliphatic rings. The molecule has 1 saturated heterocycles. The molecule has 1 fully saturated rings. The van der Waals surface area contributed by atoms with Crippen LogP contribution < -0.4 is 0 Å². The zero-order chi connectivity index (χ0) is 15.7. The number of alkyl halides is 1. The monoisotopic (exact) mass is 305 g/mol. The molecule has 120 valence electrons. The maximum absolute atomic E-state index is 13.2. The molecular weight excluding hydrogens is 281 g/mol. The molecule has 3 heterocycles. The van der Waals surface area contributed by atoms with Crippen molar-refractivity contribution in [2.24, 2.45) is 0 Å². The lowest BCUT2D eigenvalue weighted by molar-refractivity contribution is -0.133. The van der Waals surface area contributed by atoms with Crippen LogP contribution in [0.3, 0.4) is 0 Å². The third-order valence-electron chi connectivity index (χ3n) is 4.59. The van der Waals surface area contributed by atoms with Crippen molar-refractivity contribution in [1.82, 2.24) is 14.8 Å². The van der Waals surface area contributed by atoms with Crippen LogP contribution in [0.25, 0.3) is 0 Å². The molecule has 1 aromatic heterocycles. The summed E-state index contributed by atoms with van der Waals surface area (Å²) in [5.74, 6) is 0.529. The number of carbonyl (C=O) groups excluding carboxylic acids is 1. The Bertz CT molecular complexity index is 561. The van der Waals surface area contributed by atoms with Crippen LogP contribution >= 0.6 is 0 Å². The molecular formula is C17H24FN3O. The van der Waals surface area contributed by atoms with Gasteiger partial charge in [-0.15, -0.1) is 0 Å². The van der Waals surface area contributed by atoms with E-state index in [-0.39, 0.29) is 5.91 Å². The molecule has 1 aromatic rings. The van der Waals surface area contributed by atoms with Crippen LogP contribution in [0.5, 0.6) is 0 Å². The van der Waals surface area contributed by atoms with Gasteiger partial charge in [-0.2, -0.15) is 0 Å². The van der Waals surface area contributed by atoms with E-state index in [1.807, 2.05) is 9.80 Å². The van der Waals surface area contributed by atoms with E-state index in [2.05, 4.69) is 26.0 Å². The summed E-state index contributed by atoms with van der Waals surface area (Å²) in [5, 5.41) is 0. The normalized spacial score (nSPS) is 22.2. The first-order chi connectivity index (χ1) is 10.5. The zero-order valence-corrected chi connectivity index (χ0v) is 13.4. The van der Waals surface area contributed by atoms with E-state index in [0.29, 0.717) is 45.1 Å². The van der Waals surface area contributed by atoms with Crippen LogP contribution in [0.2, 0.25) is 0 Å². The first-order valence-electron chi connectivity index (χ1n) is 8.16. The lowest BCUT2D eigenvalue weighted by Gasteiger charge is -2.30. The summed E-state index contributed by atoms with van der Waals surface area (Å²) in [6, 6.07) is 4.16. The summed E-state index contributed by atoms with van der Waals surface area (Å²) in [6.45, 7) is 7.06. The maximum atomic E-state index is 13.2. The van der Waals surface area contributed by atoms with E-state index in [9.17, 15) is 9.18 Å². The van der Waals surface area contributed by atoms with Crippen LogP contribution in [-0.2, 0) is 17.8 Å². The molecule has 1 amide bonds. The Balaban J connectivity index is 1.62. The van der Waals surface area contributed by atoms with Crippen molar-refractivity contribution in [3.63, 3.8) is 0 Å². The summed E-state index contributed by atoms with van der Waals surface area (Å²) in [5.41, 5.74) is 3.39. The van der Waals surface area contributed by atoms with E-state index in [0.717, 1.165) is 23.4 Å². The number of pyridine rings is 1. The highest BCUT2D eigenvalue weighted by atomic mass is 19.1. The number of likely N-dealkylation sites (tertiary alicyclic amines) is 1. The van der Waals surface area contributed by atoms with Crippen molar-refractivity contribution in [2.45, 2.75) is 45.3 Å². The van der Waals surface area contributed by atoms with Gasteiger partial charge in [0.25, 0.3) is 0 Å². The number of carbonyl (C=O) groups is 1. The van der Waals surface area contributed by atoms with Crippen LogP contribution in [-0.4, -0.2) is 53.0 Å². The van der Waals surface area contributed by atoms with Gasteiger partial charge in [0, 0.05) is 44.0 Å². The van der Waals surface area contributed by atoms with Crippen LogP contribution in [0.4, 0.5) is 4.39 Å². The minimum Gasteiger partial charge on any atom is -0.337 e. The molecule has 0 N–H and O–H groups in total. The van der Waals surface area contributed by atoms with Crippen molar-refractivity contribution < 1.29 is 9.18 Å². The lowest BCUT2D eigenvalue weighted by Crippen LogP contribution is -2.42. The van der Waals surface area contributed by atoms with E-state index in [1.165, 1.54) is 0 Å². The molecule has 2 aliphatic heterocycles. The SMILES string of the molecule is CC(C)c1ccc2c(n1)CCN(C(=O)CN1CC[C@@H](F)C1)C2. The Morgan fingerprint density at radius 3 is 2.91 bits per heavy atom. The Hall–Kier alpha value is -1.49. The number of aromatic nitrogens is 1. The summed E-state index contributed by atoms with van der Waals surface area (Å²) < 4.78 is 13.2. The van der Waals surface area contributed by atoms with E-state index in [4.69, 9.17) is 4.98 Å². The van der Waals surface area contributed by atoms with Crippen molar-refractivity contribution in [3.05, 3.63) is 29.1 Å². The summed E-state index contributed by atoms with van der Waals surface area (Å²) in [7, 11) is 0. The maximum Gasteiger partial charge on any atom is 0.237 e. The standard InChI is InChI=1S/C17H24FN3O/c1-12(2)15-4-3-13-9-21(8-6-16(13)19-15)17(22)11-20-7-5-14(18)10-20/h3-4,12,14H,5-11H2,1-2H3/t14-/m1/s1. The highest BCUT2D eigenvalue weighted by molar-refractivity contribution is 5.78. The van der Waals surface area contributed by atoms with E-state index in [1.54, 1.807) is 0 Å². The average Bonchev–Trinajstić information content (AvgIpc) is 2.91. The third-order valence-corrected chi connectivity index (χ3v) is 4.59. The Morgan fingerprint density at radius 2 is 2.23 bits per heavy atom. The fraction of sp³-hybridized carbons (Fsp3) is 0.647. The molecule has 0 radical (unpaired) electrons. The van der Waals surface area contributed by atoms with Crippen LogP contribution in [0.1, 0.15) is 43.1 Å². The number of amides is 1. The minimum atomic E-state index is -0.770. The summed E-state index contributed by atoms with van der Waals surface area (Å²) in [6.07, 6.45) is 0.597. The van der Waals surface area contributed by atoms with Crippen LogP contribution in [0, 0.1) is 0 Å². The van der Waals surface area contributed by atoms with Crippen molar-refractivity contribution in [2.75, 3.05) is 26.2 Å². The molecule has 4 nitrogen and oxygen atoms in total. The molecule has 0 spiro atoms. The largest absolute Gasteiger partial charge is 0.337 e. The molecule has 0 bridgehead atoms. The van der Waals surface area contributed by atoms with Gasteiger partial charge in [-0.25, -0.2) is 4.39 Å². The van der Waals surface area contributed by atoms with Gasteiger partial charge in [-0.3, -0.25) is 14.7 Å². The van der Waals surface area contributed by atoms with Gasteiger partial charge in [0.15, 0.2) is 0 Å². The zero-order valence-electron chi connectivity index (χ0n) is 13.4. The average molecular weight is 305 g/mol. The predicted octanol–water partition coefficient (Wildman–Crippen LogP) is 2.13. The number of nitrogens with zero attached hydrogens (tertiary/aromatic N) is 3. The van der Waals surface area contributed by atoms with Gasteiger partial charge in [-0.1, -0.05) is 19.9 Å². The highest BCUT2D eigenvalue weighted by Crippen LogP contribution is 2.21. The van der Waals surface area contributed by atoms with E-state index >= 15 is 0 Å². The molecule has 22 heavy (non-hydrogen) atoms. The van der Waals surface area contributed by atoms with Gasteiger partial charge in [0.1, 0.15) is 6.17 Å². The lowest BCUT2D eigenvalue weighted by atomic mass is 10.0. The van der Waals surface area contributed by atoms with Gasteiger partial charge >= 0.3 is 0 Å². The van der Waals surface area contributed by atoms with Crippen LogP contribution in [0.15, 0.2) is 12.1 Å². The molecule has 0 aromatic carbocycles. The summed E-state index contributed by atoms with van der Waals surface area (Å²) >= 11 is 0. The molecule has 0 aliphatic carbocycles. The number of rotatable bonds is 3. The number of hydrogen-bond acceptors (Lipinski definition) is 3. The number of halogens is 1. The fourth-order valence-electron chi connectivity index (χ4n) is 3.19. The van der Waals surface area contributed by atoms with Crippen molar-refractivity contribution in [1.29, 1.82) is 0 Å². The van der Waals surface area contributed by atoms with Gasteiger partial charge in [0.2, 0.25) is 5.91 Å². The summed E-state index contributed by atoms with van der Waals surface area (Å²) in [4.78, 5) is 20.9. The Morgan fingerprint density at radius 1 is 1.41 bits per heavy atom. The van der Waals surface area contributed by atoms with Crippen molar-refractivity contribution >= 4 is 5.91 Å². The first-order valence-corrected chi connectivity index (χ1v) is 8.16. The number of hydrogen-bond donors (Lipinski definition) is 0. The smallest absolute Gasteiger partial charge is 0.237 e. The second-order valence-electron chi connectivity index (χ2n) is 6.68. The predicted molar refractivity (Wildman–Crippen MR) is 83.4 cm³/mol. The van der Waals surface area contributed by atoms with Gasteiger partial charge in [0.05, 0.1) is 6.54 Å². The second-order valence-corrected chi connectivity index (χ2v) is 6.68. The number of fused-ring (bicyclic) bond motifs is 1. The second kappa shape index (κ2) is 6.32. The van der Waals surface area contributed by atoms with Gasteiger partial charge in [-0.05, 0) is 24.0 Å². The topological polar surface area (TPSA) is 36.4 Å². The van der Waals surface area contributed by atoms with Gasteiger partial charge < -0.3 is 4.90 Å². The Labute approximate surface area is 131 Å². The minimum absolute atomic E-state index is 0.104. The molecule has 3 rings (SSSR count). The molecule has 0 unspecified atom stereocenters. The first kappa shape index (κ1) is 15.4. The molecule has 0 saturated carbocycles. The quantitative estimate of drug-likeness (QED) is 0.858. The van der Waals surface area contributed by atoms with E-state index < -0.39 is 6.17 Å². The third kappa shape index (κ3) is 3.29. The highest BCUT2D eigenvalue weighted by Gasteiger charge is 2.27. The fourth-order valence-corrected chi connectivity index (χ4v) is 3.19. The molecule has 5 heteroatoms. The Kier molecular flexibility index (Phi) is 4.43.